The minimum Gasteiger partial charge on any atom is -0.395 e. The van der Waals surface area contributed by atoms with Gasteiger partial charge in [0.05, 0.1) is 25.1 Å². The lowest BCUT2D eigenvalue weighted by molar-refractivity contribution is -0.147. The van der Waals surface area contributed by atoms with Crippen LogP contribution in [0.2, 0.25) is 0 Å². The number of fused-ring (bicyclic) bond motifs is 2. The number of rotatable bonds is 7. The summed E-state index contributed by atoms with van der Waals surface area (Å²) >= 11 is 1.52. The summed E-state index contributed by atoms with van der Waals surface area (Å²) in [7, 11) is 0. The van der Waals surface area contributed by atoms with Gasteiger partial charge in [0.1, 0.15) is 10.6 Å². The van der Waals surface area contributed by atoms with Gasteiger partial charge in [-0.3, -0.25) is 0 Å². The van der Waals surface area contributed by atoms with Crippen LogP contribution in [0.4, 0.5) is 24.9 Å². The minimum absolute atomic E-state index is 0.0831. The third-order valence-electron chi connectivity index (χ3n) is 5.09. The molecule has 3 aromatic heterocycles. The van der Waals surface area contributed by atoms with Crippen LogP contribution in [0.25, 0.3) is 10.2 Å². The first-order chi connectivity index (χ1) is 14.9. The molecule has 168 valence electrons. The Hall–Kier alpha value is -2.51. The maximum Gasteiger partial charge on any atom is 0.451 e. The van der Waals surface area contributed by atoms with Crippen LogP contribution < -0.4 is 9.80 Å². The van der Waals surface area contributed by atoms with E-state index in [0.29, 0.717) is 18.3 Å². The molecule has 0 unspecified atom stereocenters. The van der Waals surface area contributed by atoms with Gasteiger partial charge in [-0.2, -0.15) is 18.2 Å². The molecule has 31 heavy (non-hydrogen) atoms. The highest BCUT2D eigenvalue weighted by molar-refractivity contribution is 7.18. The predicted octanol–water partition coefficient (Wildman–Crippen LogP) is 1.68. The second-order valence-electron chi connectivity index (χ2n) is 7.08. The summed E-state index contributed by atoms with van der Waals surface area (Å²) < 4.78 is 40.6. The number of anilines is 2. The Morgan fingerprint density at radius 2 is 1.87 bits per heavy atom. The number of alkyl halides is 3. The number of thiophene rings is 1. The minimum atomic E-state index is -4.55. The van der Waals surface area contributed by atoms with Crippen molar-refractivity contribution in [2.45, 2.75) is 32.6 Å². The van der Waals surface area contributed by atoms with Gasteiger partial charge in [-0.1, -0.05) is 6.92 Å². The van der Waals surface area contributed by atoms with Crippen LogP contribution in [0.3, 0.4) is 0 Å². The lowest BCUT2D eigenvalue weighted by Crippen LogP contribution is -2.37. The molecule has 2 N–H and O–H groups in total. The highest BCUT2D eigenvalue weighted by Crippen LogP contribution is 2.35. The third-order valence-corrected chi connectivity index (χ3v) is 6.26. The second-order valence-corrected chi connectivity index (χ2v) is 8.19. The summed E-state index contributed by atoms with van der Waals surface area (Å²) in [6, 6.07) is 2.00. The first-order valence-corrected chi connectivity index (χ1v) is 10.7. The van der Waals surface area contributed by atoms with Gasteiger partial charge in [0.2, 0.25) is 11.8 Å². The van der Waals surface area contributed by atoms with E-state index in [4.69, 9.17) is 0 Å². The summed E-state index contributed by atoms with van der Waals surface area (Å²) in [4.78, 5) is 14.7. The molecular weight excluding hydrogens is 435 g/mol. The summed E-state index contributed by atoms with van der Waals surface area (Å²) in [6.45, 7) is 2.79. The van der Waals surface area contributed by atoms with Gasteiger partial charge in [0.25, 0.3) is 0 Å². The van der Waals surface area contributed by atoms with Crippen LogP contribution in [-0.2, 0) is 25.7 Å². The first kappa shape index (κ1) is 21.7. The zero-order valence-electron chi connectivity index (χ0n) is 16.8. The molecule has 0 saturated carbocycles. The Bertz CT molecular complexity index is 1060. The Morgan fingerprint density at radius 3 is 2.52 bits per heavy atom. The molecule has 0 aromatic carbocycles. The average Bonchev–Trinajstić information content (AvgIpc) is 3.35. The second kappa shape index (κ2) is 8.55. The Balaban J connectivity index is 1.75. The topological polar surface area (TPSA) is 103 Å². The number of hydrogen-bond acceptors (Lipinski definition) is 9. The van der Waals surface area contributed by atoms with Gasteiger partial charge < -0.3 is 24.6 Å². The van der Waals surface area contributed by atoms with Crippen molar-refractivity contribution in [2.75, 3.05) is 42.6 Å². The van der Waals surface area contributed by atoms with E-state index in [1.165, 1.54) is 11.3 Å². The van der Waals surface area contributed by atoms with Gasteiger partial charge in [0.15, 0.2) is 5.82 Å². The van der Waals surface area contributed by atoms with Gasteiger partial charge >= 0.3 is 6.18 Å². The molecule has 0 bridgehead atoms. The normalized spacial score (nSPS) is 14.3. The SMILES string of the molecule is CCc1cc2c(N3CCn4c(nnc4C(F)(F)F)C3)nc(N(CCO)CCO)nc2s1. The average molecular weight is 457 g/mol. The molecule has 0 spiro atoms. The number of aliphatic hydroxyl groups excluding tert-OH is 2. The van der Waals surface area contributed by atoms with E-state index in [9.17, 15) is 23.4 Å². The Labute approximate surface area is 179 Å². The van der Waals surface area contributed by atoms with Crippen LogP contribution in [-0.4, -0.2) is 67.8 Å². The van der Waals surface area contributed by atoms with Gasteiger partial charge in [-0.25, -0.2) is 4.98 Å². The van der Waals surface area contributed by atoms with Gasteiger partial charge in [-0.05, 0) is 12.5 Å². The smallest absolute Gasteiger partial charge is 0.395 e. The Kier molecular flexibility index (Phi) is 5.99. The molecule has 1 aliphatic rings. The number of nitrogens with zero attached hydrogens (tertiary/aromatic N) is 7. The molecule has 0 radical (unpaired) electrons. The summed E-state index contributed by atoms with van der Waals surface area (Å²) in [6.07, 6.45) is -3.74. The molecule has 0 fully saturated rings. The highest BCUT2D eigenvalue weighted by atomic mass is 32.1. The molecule has 13 heteroatoms. The number of aliphatic hydroxyl groups is 2. The molecule has 9 nitrogen and oxygen atoms in total. The Morgan fingerprint density at radius 1 is 1.13 bits per heavy atom. The standard InChI is InChI=1S/C18H22F3N7O2S/c1-2-11-9-12-14(22-17(23-15(12)31-11)26(5-7-29)6-8-30)27-3-4-28-13(10-27)24-25-16(28)18(19,20)21/h9,29-30H,2-8,10H2,1H3. The van der Waals surface area contributed by atoms with Gasteiger partial charge in [0, 0.05) is 31.1 Å². The van der Waals surface area contributed by atoms with E-state index >= 15 is 0 Å². The summed E-state index contributed by atoms with van der Waals surface area (Å²) in [5.41, 5.74) is 0. The van der Waals surface area contributed by atoms with Crippen LogP contribution in [0.5, 0.6) is 0 Å². The molecular formula is C18H22F3N7O2S. The van der Waals surface area contributed by atoms with Crippen LogP contribution in [0.15, 0.2) is 6.07 Å². The predicted molar refractivity (Wildman–Crippen MR) is 109 cm³/mol. The monoisotopic (exact) mass is 457 g/mol. The van der Waals surface area contributed by atoms with Crippen molar-refractivity contribution in [3.63, 3.8) is 0 Å². The van der Waals surface area contributed by atoms with Crippen molar-refractivity contribution >= 4 is 33.3 Å². The van der Waals surface area contributed by atoms with E-state index in [2.05, 4.69) is 20.2 Å². The number of aryl methyl sites for hydroxylation is 1. The fraction of sp³-hybridized carbons (Fsp3) is 0.556. The van der Waals surface area contributed by atoms with Crippen molar-refractivity contribution < 1.29 is 23.4 Å². The zero-order valence-corrected chi connectivity index (χ0v) is 17.6. The molecule has 3 aromatic rings. The van der Waals surface area contributed by atoms with Crippen LogP contribution >= 0.6 is 11.3 Å². The summed E-state index contributed by atoms with van der Waals surface area (Å²) in [5, 5.41) is 26.7. The number of hydrogen-bond donors (Lipinski definition) is 2. The summed E-state index contributed by atoms with van der Waals surface area (Å²) in [5.74, 6) is 0.190. The van der Waals surface area contributed by atoms with E-state index < -0.39 is 12.0 Å². The van der Waals surface area contributed by atoms with E-state index in [0.717, 1.165) is 26.1 Å². The highest BCUT2D eigenvalue weighted by Gasteiger charge is 2.39. The fourth-order valence-corrected chi connectivity index (χ4v) is 4.56. The van der Waals surface area contributed by atoms with Crippen molar-refractivity contribution in [2.24, 2.45) is 0 Å². The largest absolute Gasteiger partial charge is 0.451 e. The molecule has 4 rings (SSSR count). The third kappa shape index (κ3) is 4.16. The van der Waals surface area contributed by atoms with E-state index in [1.807, 2.05) is 17.9 Å². The molecule has 0 aliphatic carbocycles. The molecule has 4 heterocycles. The molecule has 0 amide bonds. The zero-order chi connectivity index (χ0) is 22.2. The quantitative estimate of drug-likeness (QED) is 0.553. The first-order valence-electron chi connectivity index (χ1n) is 9.87. The number of halogens is 3. The van der Waals surface area contributed by atoms with Crippen molar-refractivity contribution in [1.29, 1.82) is 0 Å². The van der Waals surface area contributed by atoms with Crippen LogP contribution in [0.1, 0.15) is 23.4 Å². The maximum atomic E-state index is 13.2. The van der Waals surface area contributed by atoms with Crippen LogP contribution in [0, 0.1) is 0 Å². The molecule has 0 saturated heterocycles. The van der Waals surface area contributed by atoms with Crippen molar-refractivity contribution in [1.82, 2.24) is 24.7 Å². The van der Waals surface area contributed by atoms with Gasteiger partial charge in [-0.15, -0.1) is 21.5 Å². The van der Waals surface area contributed by atoms with E-state index in [1.54, 1.807) is 4.90 Å². The molecule has 0 atom stereocenters. The van der Waals surface area contributed by atoms with E-state index in [-0.39, 0.29) is 45.2 Å². The lowest BCUT2D eigenvalue weighted by Gasteiger charge is -2.30. The van der Waals surface area contributed by atoms with Crippen molar-refractivity contribution in [3.8, 4) is 0 Å². The maximum absolute atomic E-state index is 13.2. The lowest BCUT2D eigenvalue weighted by atomic mass is 10.2. The number of aromatic nitrogens is 5. The fourth-order valence-electron chi connectivity index (χ4n) is 3.60. The van der Waals surface area contributed by atoms with Crippen molar-refractivity contribution in [3.05, 3.63) is 22.6 Å². The molecule has 1 aliphatic heterocycles.